The summed E-state index contributed by atoms with van der Waals surface area (Å²) in [6.45, 7) is 6.13. The summed E-state index contributed by atoms with van der Waals surface area (Å²) in [6.07, 6.45) is 1.22. The molecule has 0 fully saturated rings. The van der Waals surface area contributed by atoms with Crippen LogP contribution in [0.4, 0.5) is 0 Å². The number of likely N-dealkylation sites (N-methyl/N-ethyl adjacent to an activating group) is 1. The molecule has 1 N–H and O–H groups in total. The number of ketones is 1. The number of carbonyl (C=O) groups excluding carboxylic acids is 1. The SMILES string of the molecule is CCNC(C)(C)C(=O)CCS(C)(=O)=O. The fourth-order valence-corrected chi connectivity index (χ4v) is 1.69. The quantitative estimate of drug-likeness (QED) is 0.704. The molecule has 0 spiro atoms. The van der Waals surface area contributed by atoms with Crippen molar-refractivity contribution in [3.8, 4) is 0 Å². The predicted molar refractivity (Wildman–Crippen MR) is 57.1 cm³/mol. The van der Waals surface area contributed by atoms with Crippen molar-refractivity contribution in [2.24, 2.45) is 0 Å². The van der Waals surface area contributed by atoms with E-state index in [2.05, 4.69) is 5.32 Å². The first-order chi connectivity index (χ1) is 6.19. The van der Waals surface area contributed by atoms with Gasteiger partial charge in [-0.05, 0) is 20.4 Å². The maximum atomic E-state index is 11.6. The topological polar surface area (TPSA) is 63.2 Å². The Bertz CT molecular complexity index is 293. The Balaban J connectivity index is 4.22. The second-order valence-electron chi connectivity index (χ2n) is 3.96. The van der Waals surface area contributed by atoms with Crippen LogP contribution in [-0.2, 0) is 14.6 Å². The number of hydrogen-bond acceptors (Lipinski definition) is 4. The van der Waals surface area contributed by atoms with Gasteiger partial charge in [0, 0.05) is 12.7 Å². The third-order valence-electron chi connectivity index (χ3n) is 2.02. The lowest BCUT2D eigenvalue weighted by atomic mass is 9.97. The number of Topliss-reactive ketones (excluding diaryl/α,β-unsaturated/α-hetero) is 1. The zero-order valence-corrected chi connectivity index (χ0v) is 10.1. The highest BCUT2D eigenvalue weighted by atomic mass is 32.2. The van der Waals surface area contributed by atoms with Crippen LogP contribution in [0.3, 0.4) is 0 Å². The fraction of sp³-hybridized carbons (Fsp3) is 0.889. The lowest BCUT2D eigenvalue weighted by Gasteiger charge is -2.23. The van der Waals surface area contributed by atoms with Crippen LogP contribution >= 0.6 is 0 Å². The molecule has 0 heterocycles. The van der Waals surface area contributed by atoms with Gasteiger partial charge in [0.1, 0.15) is 9.84 Å². The van der Waals surface area contributed by atoms with E-state index in [4.69, 9.17) is 0 Å². The van der Waals surface area contributed by atoms with Crippen LogP contribution in [0.2, 0.25) is 0 Å². The van der Waals surface area contributed by atoms with Crippen LogP contribution in [0.15, 0.2) is 0 Å². The molecule has 0 aliphatic rings. The van der Waals surface area contributed by atoms with Crippen molar-refractivity contribution in [3.05, 3.63) is 0 Å². The number of sulfone groups is 1. The summed E-state index contributed by atoms with van der Waals surface area (Å²) < 4.78 is 21.7. The molecule has 0 aromatic heterocycles. The molecule has 14 heavy (non-hydrogen) atoms. The first-order valence-electron chi connectivity index (χ1n) is 4.65. The molecule has 0 atom stereocenters. The molecule has 0 aromatic rings. The molecular formula is C9H19NO3S. The largest absolute Gasteiger partial charge is 0.306 e. The Labute approximate surface area is 86.0 Å². The third-order valence-corrected chi connectivity index (χ3v) is 2.96. The van der Waals surface area contributed by atoms with Crippen LogP contribution in [-0.4, -0.2) is 38.3 Å². The van der Waals surface area contributed by atoms with Gasteiger partial charge >= 0.3 is 0 Å². The lowest BCUT2D eigenvalue weighted by Crippen LogP contribution is -2.47. The molecule has 0 aromatic carbocycles. The third kappa shape index (κ3) is 5.34. The van der Waals surface area contributed by atoms with E-state index in [0.717, 1.165) is 6.26 Å². The molecule has 0 saturated heterocycles. The highest BCUT2D eigenvalue weighted by Gasteiger charge is 2.26. The van der Waals surface area contributed by atoms with Gasteiger partial charge in [-0.1, -0.05) is 6.92 Å². The van der Waals surface area contributed by atoms with Gasteiger partial charge in [-0.3, -0.25) is 4.79 Å². The zero-order chi connectivity index (χ0) is 11.4. The van der Waals surface area contributed by atoms with Gasteiger partial charge < -0.3 is 5.32 Å². The number of hydrogen-bond donors (Lipinski definition) is 1. The Morgan fingerprint density at radius 2 is 1.86 bits per heavy atom. The van der Waals surface area contributed by atoms with Crippen molar-refractivity contribution in [2.45, 2.75) is 32.7 Å². The van der Waals surface area contributed by atoms with Crippen molar-refractivity contribution in [1.82, 2.24) is 5.32 Å². The molecule has 0 saturated carbocycles. The van der Waals surface area contributed by atoms with Gasteiger partial charge in [0.05, 0.1) is 11.3 Å². The van der Waals surface area contributed by atoms with Crippen molar-refractivity contribution in [3.63, 3.8) is 0 Å². The minimum atomic E-state index is -3.04. The first-order valence-corrected chi connectivity index (χ1v) is 6.71. The van der Waals surface area contributed by atoms with Crippen LogP contribution in [0.25, 0.3) is 0 Å². The van der Waals surface area contributed by atoms with Crippen molar-refractivity contribution >= 4 is 15.6 Å². The highest BCUT2D eigenvalue weighted by molar-refractivity contribution is 7.90. The van der Waals surface area contributed by atoms with E-state index >= 15 is 0 Å². The molecular weight excluding hydrogens is 202 g/mol. The van der Waals surface area contributed by atoms with Crippen molar-refractivity contribution in [2.75, 3.05) is 18.6 Å². The fourth-order valence-electron chi connectivity index (χ4n) is 1.13. The number of nitrogens with one attached hydrogen (secondary N) is 1. The maximum absolute atomic E-state index is 11.6. The standard InChI is InChI=1S/C9H19NO3S/c1-5-10-9(2,3)8(11)6-7-14(4,12)13/h10H,5-7H2,1-4H3. The van der Waals surface area contributed by atoms with E-state index < -0.39 is 15.4 Å². The van der Waals surface area contributed by atoms with E-state index in [1.807, 2.05) is 6.92 Å². The van der Waals surface area contributed by atoms with Crippen LogP contribution in [0.1, 0.15) is 27.2 Å². The second-order valence-corrected chi connectivity index (χ2v) is 6.22. The molecule has 84 valence electrons. The summed E-state index contributed by atoms with van der Waals surface area (Å²) in [5.41, 5.74) is -0.626. The molecule has 0 amide bonds. The van der Waals surface area contributed by atoms with Gasteiger partial charge in [-0.2, -0.15) is 0 Å². The lowest BCUT2D eigenvalue weighted by molar-refractivity contribution is -0.123. The summed E-state index contributed by atoms with van der Waals surface area (Å²) in [7, 11) is -3.04. The molecule has 0 aliphatic heterocycles. The maximum Gasteiger partial charge on any atom is 0.153 e. The molecule has 0 radical (unpaired) electrons. The van der Waals surface area contributed by atoms with Gasteiger partial charge in [-0.25, -0.2) is 8.42 Å². The van der Waals surface area contributed by atoms with Gasteiger partial charge in [0.25, 0.3) is 0 Å². The van der Waals surface area contributed by atoms with Crippen LogP contribution in [0.5, 0.6) is 0 Å². The van der Waals surface area contributed by atoms with Crippen LogP contribution in [0, 0.1) is 0 Å². The monoisotopic (exact) mass is 221 g/mol. The Morgan fingerprint density at radius 3 is 2.21 bits per heavy atom. The van der Waals surface area contributed by atoms with Gasteiger partial charge in [0.15, 0.2) is 5.78 Å². The number of carbonyl (C=O) groups is 1. The molecule has 5 heteroatoms. The molecule has 0 unspecified atom stereocenters. The normalized spacial score (nSPS) is 12.9. The van der Waals surface area contributed by atoms with E-state index in [1.54, 1.807) is 13.8 Å². The summed E-state index contributed by atoms with van der Waals surface area (Å²) >= 11 is 0. The molecule has 0 rings (SSSR count). The van der Waals surface area contributed by atoms with Crippen molar-refractivity contribution in [1.29, 1.82) is 0 Å². The Hall–Kier alpha value is -0.420. The summed E-state index contributed by atoms with van der Waals surface area (Å²) in [6, 6.07) is 0. The summed E-state index contributed by atoms with van der Waals surface area (Å²) in [5.74, 6) is -0.134. The van der Waals surface area contributed by atoms with Crippen LogP contribution < -0.4 is 5.32 Å². The van der Waals surface area contributed by atoms with Gasteiger partial charge in [-0.15, -0.1) is 0 Å². The first kappa shape index (κ1) is 13.6. The second kappa shape index (κ2) is 4.89. The average Bonchev–Trinajstić information content (AvgIpc) is 1.98. The predicted octanol–water partition coefficient (Wildman–Crippen LogP) is 0.378. The minimum absolute atomic E-state index is 0.0650. The smallest absolute Gasteiger partial charge is 0.153 e. The summed E-state index contributed by atoms with van der Waals surface area (Å²) in [5, 5.41) is 3.01. The van der Waals surface area contributed by atoms with Crippen molar-refractivity contribution < 1.29 is 13.2 Å². The molecule has 0 aliphatic carbocycles. The minimum Gasteiger partial charge on any atom is -0.306 e. The van der Waals surface area contributed by atoms with Gasteiger partial charge in [0.2, 0.25) is 0 Å². The zero-order valence-electron chi connectivity index (χ0n) is 9.25. The van der Waals surface area contributed by atoms with E-state index in [1.165, 1.54) is 0 Å². The average molecular weight is 221 g/mol. The Morgan fingerprint density at radius 1 is 1.36 bits per heavy atom. The Kier molecular flexibility index (Phi) is 4.74. The van der Waals surface area contributed by atoms with E-state index in [-0.39, 0.29) is 18.0 Å². The molecule has 4 nitrogen and oxygen atoms in total. The molecule has 0 bridgehead atoms. The number of rotatable bonds is 6. The van der Waals surface area contributed by atoms with E-state index in [9.17, 15) is 13.2 Å². The highest BCUT2D eigenvalue weighted by Crippen LogP contribution is 2.07. The summed E-state index contributed by atoms with van der Waals surface area (Å²) in [4.78, 5) is 11.6. The van der Waals surface area contributed by atoms with E-state index in [0.29, 0.717) is 6.54 Å².